The lowest BCUT2D eigenvalue weighted by Gasteiger charge is -2.27. The van der Waals surface area contributed by atoms with Gasteiger partial charge in [0.15, 0.2) is 11.5 Å². The molecule has 1 aliphatic heterocycles. The van der Waals surface area contributed by atoms with Crippen LogP contribution in [-0.4, -0.2) is 72.5 Å². The van der Waals surface area contributed by atoms with Gasteiger partial charge in [0, 0.05) is 13.6 Å². The molecule has 0 saturated carbocycles. The number of hydrogen-bond donors (Lipinski definition) is 0. The molecule has 1 saturated heterocycles. The number of halogens is 1. The van der Waals surface area contributed by atoms with Crippen molar-refractivity contribution in [2.45, 2.75) is 90.9 Å². The molecular formula is C25H38FN5O4Si. The van der Waals surface area contributed by atoms with E-state index in [0.29, 0.717) is 0 Å². The van der Waals surface area contributed by atoms with Crippen LogP contribution >= 0.6 is 0 Å². The zero-order valence-electron chi connectivity index (χ0n) is 23.0. The number of nitrogens with zero attached hydrogens (tertiary/aromatic N) is 5. The summed E-state index contributed by atoms with van der Waals surface area (Å²) in [7, 11) is -0.314. The summed E-state index contributed by atoms with van der Waals surface area (Å²) in [5.74, 6) is 3.21. The lowest BCUT2D eigenvalue weighted by molar-refractivity contribution is 0.0202. The molecule has 2 atom stereocenters. The standard InChI is InChI=1S/C25H38FN5O4Si/c1-24(2,3)34-22(32)29(7)21-19(15-27)20(11-12-36(8,9)10)28-31(21)18-13-17(14-26)30(16-18)23(33)35-25(4,5)6/h17-18H,13-14,16H2,1-10H3/t17-,18-/m0/s1. The van der Waals surface area contributed by atoms with Gasteiger partial charge in [-0.15, -0.1) is 5.54 Å². The van der Waals surface area contributed by atoms with Crippen LogP contribution in [0.3, 0.4) is 0 Å². The summed E-state index contributed by atoms with van der Waals surface area (Å²) in [4.78, 5) is 28.3. The third-order valence-corrected chi connectivity index (χ3v) is 5.96. The van der Waals surface area contributed by atoms with Crippen molar-refractivity contribution in [2.75, 3.05) is 25.2 Å². The Hall–Kier alpha value is -3.05. The van der Waals surface area contributed by atoms with Gasteiger partial charge in [0.2, 0.25) is 0 Å². The fourth-order valence-electron chi connectivity index (χ4n) is 3.62. The van der Waals surface area contributed by atoms with Crippen LogP contribution in [0, 0.1) is 22.8 Å². The zero-order valence-corrected chi connectivity index (χ0v) is 24.0. The van der Waals surface area contributed by atoms with E-state index in [1.165, 1.54) is 21.5 Å². The van der Waals surface area contributed by atoms with Crippen LogP contribution < -0.4 is 4.90 Å². The van der Waals surface area contributed by atoms with Crippen LogP contribution in [0.1, 0.15) is 65.3 Å². The molecule has 0 unspecified atom stereocenters. The van der Waals surface area contributed by atoms with Crippen molar-refractivity contribution in [3.05, 3.63) is 11.3 Å². The zero-order chi connectivity index (χ0) is 27.6. The van der Waals surface area contributed by atoms with Crippen molar-refractivity contribution < 1.29 is 23.5 Å². The summed E-state index contributed by atoms with van der Waals surface area (Å²) in [6.07, 6.45) is -1.06. The Bertz CT molecular complexity index is 1100. The van der Waals surface area contributed by atoms with Gasteiger partial charge < -0.3 is 14.4 Å². The number of carbonyl (C=O) groups excluding carboxylic acids is 2. The van der Waals surface area contributed by atoms with Crippen LogP contribution in [0.2, 0.25) is 19.6 Å². The van der Waals surface area contributed by atoms with E-state index in [2.05, 4.69) is 42.3 Å². The average Bonchev–Trinajstić information content (AvgIpc) is 3.29. The normalized spacial score (nSPS) is 18.2. The van der Waals surface area contributed by atoms with Gasteiger partial charge in [-0.05, 0) is 48.0 Å². The quantitative estimate of drug-likeness (QED) is 0.417. The molecule has 9 nitrogen and oxygen atoms in total. The highest BCUT2D eigenvalue weighted by Gasteiger charge is 2.41. The van der Waals surface area contributed by atoms with E-state index in [4.69, 9.17) is 9.47 Å². The fraction of sp³-hybridized carbons (Fsp3) is 0.680. The lowest BCUT2D eigenvalue weighted by atomic mass is 10.2. The minimum absolute atomic E-state index is 0.103. The van der Waals surface area contributed by atoms with Crippen LogP contribution in [0.25, 0.3) is 0 Å². The first-order chi connectivity index (χ1) is 16.4. The highest BCUT2D eigenvalue weighted by molar-refractivity contribution is 6.83. The Balaban J connectivity index is 2.60. The number of nitriles is 1. The second kappa shape index (κ2) is 10.5. The molecule has 0 bridgehead atoms. The molecule has 198 valence electrons. The van der Waals surface area contributed by atoms with E-state index in [-0.39, 0.29) is 30.0 Å². The van der Waals surface area contributed by atoms with E-state index >= 15 is 0 Å². The maximum atomic E-state index is 14.0. The second-order valence-electron chi connectivity index (χ2n) is 12.0. The van der Waals surface area contributed by atoms with Crippen LogP contribution in [-0.2, 0) is 9.47 Å². The topological polar surface area (TPSA) is 101 Å². The number of alkyl halides is 1. The predicted molar refractivity (Wildman–Crippen MR) is 138 cm³/mol. The fourth-order valence-corrected chi connectivity index (χ4v) is 4.11. The Labute approximate surface area is 214 Å². The first kappa shape index (κ1) is 29.2. The smallest absolute Gasteiger partial charge is 0.415 e. The molecule has 2 heterocycles. The summed E-state index contributed by atoms with van der Waals surface area (Å²) in [6.45, 7) is 16.0. The molecule has 1 aliphatic rings. The molecule has 2 rings (SSSR count). The van der Waals surface area contributed by atoms with Gasteiger partial charge in [-0.2, -0.15) is 10.4 Å². The molecule has 0 N–H and O–H groups in total. The van der Waals surface area contributed by atoms with Gasteiger partial charge >= 0.3 is 12.2 Å². The number of hydrogen-bond acceptors (Lipinski definition) is 6. The van der Waals surface area contributed by atoms with Crippen LogP contribution in [0.15, 0.2) is 0 Å². The highest BCUT2D eigenvalue weighted by atomic mass is 28.3. The number of likely N-dealkylation sites (tertiary alicyclic amines) is 1. The van der Waals surface area contributed by atoms with Crippen molar-refractivity contribution in [2.24, 2.45) is 0 Å². The SMILES string of the molecule is CN(C(=O)OC(C)(C)C)c1c(C#N)c(C#C[Si](C)(C)C)nn1[C@H]1C[C@@H](CF)N(C(=O)OC(C)(C)C)C1. The minimum Gasteiger partial charge on any atom is -0.444 e. The maximum Gasteiger partial charge on any atom is 0.415 e. The third kappa shape index (κ3) is 7.47. The van der Waals surface area contributed by atoms with Crippen molar-refractivity contribution in [3.63, 3.8) is 0 Å². The van der Waals surface area contributed by atoms with Gasteiger partial charge in [0.25, 0.3) is 0 Å². The first-order valence-electron chi connectivity index (χ1n) is 11.9. The minimum atomic E-state index is -1.81. The number of anilines is 1. The van der Waals surface area contributed by atoms with Crippen LogP contribution in [0.5, 0.6) is 0 Å². The first-order valence-corrected chi connectivity index (χ1v) is 15.4. The van der Waals surface area contributed by atoms with Gasteiger partial charge in [0.1, 0.15) is 37.6 Å². The molecule has 1 aromatic rings. The van der Waals surface area contributed by atoms with Gasteiger partial charge in [0.05, 0.1) is 12.1 Å². The molecule has 11 heteroatoms. The Morgan fingerprint density at radius 1 is 1.17 bits per heavy atom. The molecule has 0 aromatic carbocycles. The molecule has 36 heavy (non-hydrogen) atoms. The summed E-state index contributed by atoms with van der Waals surface area (Å²) >= 11 is 0. The molecule has 0 radical (unpaired) electrons. The van der Waals surface area contributed by atoms with Crippen molar-refractivity contribution >= 4 is 26.1 Å². The molecule has 0 aliphatic carbocycles. The number of rotatable bonds is 3. The Morgan fingerprint density at radius 2 is 1.75 bits per heavy atom. The summed E-state index contributed by atoms with van der Waals surface area (Å²) in [5, 5.41) is 14.6. The summed E-state index contributed by atoms with van der Waals surface area (Å²) < 4.78 is 26.5. The van der Waals surface area contributed by atoms with Gasteiger partial charge in [-0.1, -0.05) is 25.6 Å². The molecule has 1 fully saturated rings. The van der Waals surface area contributed by atoms with Crippen LogP contribution in [0.4, 0.5) is 19.8 Å². The van der Waals surface area contributed by atoms with E-state index in [0.717, 1.165) is 0 Å². The lowest BCUT2D eigenvalue weighted by Crippen LogP contribution is -2.41. The Kier molecular flexibility index (Phi) is 8.52. The van der Waals surface area contributed by atoms with Crippen molar-refractivity contribution in [3.8, 4) is 17.5 Å². The molecule has 1 aromatic heterocycles. The van der Waals surface area contributed by atoms with Crippen molar-refractivity contribution in [1.82, 2.24) is 14.7 Å². The predicted octanol–water partition coefficient (Wildman–Crippen LogP) is 4.87. The van der Waals surface area contributed by atoms with Crippen molar-refractivity contribution in [1.29, 1.82) is 5.26 Å². The number of amides is 2. The van der Waals surface area contributed by atoms with Gasteiger partial charge in [-0.3, -0.25) is 4.90 Å². The maximum absolute atomic E-state index is 14.0. The van der Waals surface area contributed by atoms with E-state index < -0.39 is 50.2 Å². The third-order valence-electron chi connectivity index (χ3n) is 5.08. The summed E-state index contributed by atoms with van der Waals surface area (Å²) in [6, 6.07) is 0.901. The monoisotopic (exact) mass is 519 g/mol. The highest BCUT2D eigenvalue weighted by Crippen LogP contribution is 2.35. The second-order valence-corrected chi connectivity index (χ2v) is 16.7. The number of carbonyl (C=O) groups is 2. The summed E-state index contributed by atoms with van der Waals surface area (Å²) in [5.41, 5.74) is 2.07. The number of aromatic nitrogens is 2. The number of ether oxygens (including phenoxy) is 2. The van der Waals surface area contributed by atoms with E-state index in [1.807, 2.05) is 0 Å². The Morgan fingerprint density at radius 3 is 2.22 bits per heavy atom. The average molecular weight is 520 g/mol. The largest absolute Gasteiger partial charge is 0.444 e. The molecule has 0 spiro atoms. The molecular weight excluding hydrogens is 481 g/mol. The van der Waals surface area contributed by atoms with Gasteiger partial charge in [-0.25, -0.2) is 18.7 Å². The molecule has 2 amide bonds. The van der Waals surface area contributed by atoms with E-state index in [1.54, 1.807) is 41.5 Å². The van der Waals surface area contributed by atoms with E-state index in [9.17, 15) is 19.2 Å².